The lowest BCUT2D eigenvalue weighted by Crippen LogP contribution is -2.33. The molecule has 1 rings (SSSR count). The summed E-state index contributed by atoms with van der Waals surface area (Å²) < 4.78 is 18.8. The Balaban J connectivity index is 3.04. The summed E-state index contributed by atoms with van der Waals surface area (Å²) in [7, 11) is 1.77. The molecule has 1 amide bonds. The number of carbonyl (C=O) groups is 1. The van der Waals surface area contributed by atoms with Gasteiger partial charge in [-0.05, 0) is 38.6 Å². The highest BCUT2D eigenvalue weighted by Crippen LogP contribution is 2.27. The van der Waals surface area contributed by atoms with Gasteiger partial charge in [0.05, 0.1) is 0 Å². The Morgan fingerprint density at radius 1 is 1.56 bits per heavy atom. The summed E-state index contributed by atoms with van der Waals surface area (Å²) in [6.45, 7) is 3.69. The maximum absolute atomic E-state index is 13.2. The van der Waals surface area contributed by atoms with Crippen molar-refractivity contribution < 1.29 is 13.9 Å². The molecule has 0 aliphatic rings. The Morgan fingerprint density at radius 3 is 2.72 bits per heavy atom. The zero-order chi connectivity index (χ0) is 13.7. The van der Waals surface area contributed by atoms with Crippen molar-refractivity contribution in [3.05, 3.63) is 29.6 Å². The van der Waals surface area contributed by atoms with Crippen molar-refractivity contribution in [3.8, 4) is 5.75 Å². The number of hydrogen-bond donors (Lipinski definition) is 2. The van der Waals surface area contributed by atoms with Crippen LogP contribution < -0.4 is 15.8 Å². The Kier molecular flexibility index (Phi) is 5.09. The first kappa shape index (κ1) is 14.4. The molecule has 0 heterocycles. The van der Waals surface area contributed by atoms with Gasteiger partial charge in [0.25, 0.3) is 5.91 Å². The van der Waals surface area contributed by atoms with Crippen molar-refractivity contribution in [3.63, 3.8) is 0 Å². The molecule has 2 unspecified atom stereocenters. The molecule has 1 aromatic rings. The van der Waals surface area contributed by atoms with Gasteiger partial charge in [0.1, 0.15) is 11.6 Å². The highest BCUT2D eigenvalue weighted by Gasteiger charge is 2.18. The fourth-order valence-corrected chi connectivity index (χ4v) is 1.62. The van der Waals surface area contributed by atoms with Crippen LogP contribution in [0, 0.1) is 5.82 Å². The lowest BCUT2D eigenvalue weighted by atomic mass is 10.1. The van der Waals surface area contributed by atoms with Crippen LogP contribution in [0.2, 0.25) is 0 Å². The summed E-state index contributed by atoms with van der Waals surface area (Å²) in [5, 5.41) is 3.01. The maximum Gasteiger partial charge on any atom is 0.258 e. The van der Waals surface area contributed by atoms with Gasteiger partial charge in [-0.3, -0.25) is 4.79 Å². The average Bonchev–Trinajstić information content (AvgIpc) is 2.35. The maximum atomic E-state index is 13.2. The highest BCUT2D eigenvalue weighted by atomic mass is 19.1. The predicted molar refractivity (Wildman–Crippen MR) is 67.8 cm³/mol. The summed E-state index contributed by atoms with van der Waals surface area (Å²) in [5.41, 5.74) is 5.89. The second-order valence-corrected chi connectivity index (χ2v) is 4.11. The molecule has 4 nitrogen and oxygen atoms in total. The number of primary amides is 1. The van der Waals surface area contributed by atoms with E-state index in [2.05, 4.69) is 5.32 Å². The fourth-order valence-electron chi connectivity index (χ4n) is 1.62. The van der Waals surface area contributed by atoms with Gasteiger partial charge < -0.3 is 15.8 Å². The van der Waals surface area contributed by atoms with Crippen LogP contribution in [0.5, 0.6) is 5.75 Å². The standard InChI is InChI=1S/C13H19FN2O2/c1-4-11(13(15)17)18-12-6-5-9(14)7-10(12)8(2)16-3/h5-8,11,16H,4H2,1-3H3,(H2,15,17). The van der Waals surface area contributed by atoms with E-state index in [1.807, 2.05) is 6.92 Å². The van der Waals surface area contributed by atoms with Crippen LogP contribution >= 0.6 is 0 Å². The molecule has 0 fully saturated rings. The van der Waals surface area contributed by atoms with E-state index in [1.54, 1.807) is 14.0 Å². The molecule has 0 aliphatic carbocycles. The molecular weight excluding hydrogens is 235 g/mol. The number of carbonyl (C=O) groups excluding carboxylic acids is 1. The van der Waals surface area contributed by atoms with Crippen molar-refractivity contribution in [2.45, 2.75) is 32.4 Å². The van der Waals surface area contributed by atoms with Gasteiger partial charge >= 0.3 is 0 Å². The Bertz CT molecular complexity index is 423. The van der Waals surface area contributed by atoms with Gasteiger partial charge in [-0.1, -0.05) is 6.92 Å². The Hall–Kier alpha value is -1.62. The molecule has 0 aliphatic heterocycles. The van der Waals surface area contributed by atoms with Crippen molar-refractivity contribution in [2.24, 2.45) is 5.73 Å². The second-order valence-electron chi connectivity index (χ2n) is 4.11. The van der Waals surface area contributed by atoms with Gasteiger partial charge in [-0.2, -0.15) is 0 Å². The molecule has 3 N–H and O–H groups in total. The van der Waals surface area contributed by atoms with E-state index >= 15 is 0 Å². The van der Waals surface area contributed by atoms with Gasteiger partial charge in [-0.15, -0.1) is 0 Å². The van der Waals surface area contributed by atoms with Crippen molar-refractivity contribution in [1.29, 1.82) is 0 Å². The van der Waals surface area contributed by atoms with Crippen molar-refractivity contribution in [2.75, 3.05) is 7.05 Å². The minimum absolute atomic E-state index is 0.0823. The molecule has 18 heavy (non-hydrogen) atoms. The van der Waals surface area contributed by atoms with Gasteiger partial charge in [0.15, 0.2) is 6.10 Å². The van der Waals surface area contributed by atoms with E-state index in [-0.39, 0.29) is 11.9 Å². The Morgan fingerprint density at radius 2 is 2.22 bits per heavy atom. The number of nitrogens with two attached hydrogens (primary N) is 1. The van der Waals surface area contributed by atoms with Crippen LogP contribution in [0.15, 0.2) is 18.2 Å². The van der Waals surface area contributed by atoms with Crippen LogP contribution in [-0.2, 0) is 4.79 Å². The average molecular weight is 254 g/mol. The summed E-state index contributed by atoms with van der Waals surface area (Å²) in [6.07, 6.45) is -0.224. The first-order valence-corrected chi connectivity index (χ1v) is 5.92. The Labute approximate surface area is 106 Å². The van der Waals surface area contributed by atoms with E-state index in [1.165, 1.54) is 18.2 Å². The molecule has 1 aromatic carbocycles. The monoisotopic (exact) mass is 254 g/mol. The third-order valence-corrected chi connectivity index (χ3v) is 2.83. The third-order valence-electron chi connectivity index (χ3n) is 2.83. The zero-order valence-corrected chi connectivity index (χ0v) is 10.9. The SMILES string of the molecule is CCC(Oc1ccc(F)cc1C(C)NC)C(N)=O. The largest absolute Gasteiger partial charge is 0.480 e. The number of ether oxygens (including phenoxy) is 1. The van der Waals surface area contributed by atoms with Gasteiger partial charge in [0, 0.05) is 11.6 Å². The molecule has 100 valence electrons. The molecular formula is C13H19FN2O2. The normalized spacial score (nSPS) is 14.0. The number of amides is 1. The van der Waals surface area contributed by atoms with Gasteiger partial charge in [-0.25, -0.2) is 4.39 Å². The summed E-state index contributed by atoms with van der Waals surface area (Å²) >= 11 is 0. The highest BCUT2D eigenvalue weighted by molar-refractivity contribution is 5.79. The summed E-state index contributed by atoms with van der Waals surface area (Å²) in [5.74, 6) is -0.389. The van der Waals surface area contributed by atoms with Crippen molar-refractivity contribution in [1.82, 2.24) is 5.32 Å². The molecule has 2 atom stereocenters. The van der Waals surface area contributed by atoms with E-state index in [4.69, 9.17) is 10.5 Å². The topological polar surface area (TPSA) is 64.3 Å². The zero-order valence-electron chi connectivity index (χ0n) is 10.9. The fraction of sp³-hybridized carbons (Fsp3) is 0.462. The molecule has 0 radical (unpaired) electrons. The smallest absolute Gasteiger partial charge is 0.258 e. The van der Waals surface area contributed by atoms with Crippen LogP contribution in [0.3, 0.4) is 0 Å². The van der Waals surface area contributed by atoms with E-state index in [0.29, 0.717) is 17.7 Å². The molecule has 0 saturated heterocycles. The number of nitrogens with one attached hydrogen (secondary N) is 1. The first-order chi connectivity index (χ1) is 8.49. The number of benzene rings is 1. The van der Waals surface area contributed by atoms with E-state index < -0.39 is 12.0 Å². The lowest BCUT2D eigenvalue weighted by molar-refractivity contribution is -0.124. The predicted octanol–water partition coefficient (Wildman–Crippen LogP) is 1.75. The summed E-state index contributed by atoms with van der Waals surface area (Å²) in [6, 6.07) is 4.13. The third kappa shape index (κ3) is 3.43. The number of hydrogen-bond acceptors (Lipinski definition) is 3. The van der Waals surface area contributed by atoms with E-state index in [9.17, 15) is 9.18 Å². The minimum atomic E-state index is -0.696. The number of halogens is 1. The van der Waals surface area contributed by atoms with Crippen LogP contribution in [0.4, 0.5) is 4.39 Å². The number of rotatable bonds is 6. The molecule has 0 bridgehead atoms. The van der Waals surface area contributed by atoms with Gasteiger partial charge in [0.2, 0.25) is 0 Å². The molecule has 0 saturated carbocycles. The first-order valence-electron chi connectivity index (χ1n) is 5.92. The van der Waals surface area contributed by atoms with Crippen LogP contribution in [-0.4, -0.2) is 19.1 Å². The van der Waals surface area contributed by atoms with Crippen LogP contribution in [0.25, 0.3) is 0 Å². The van der Waals surface area contributed by atoms with E-state index in [0.717, 1.165) is 0 Å². The molecule has 5 heteroatoms. The quantitative estimate of drug-likeness (QED) is 0.813. The summed E-state index contributed by atoms with van der Waals surface area (Å²) in [4.78, 5) is 11.2. The van der Waals surface area contributed by atoms with Crippen molar-refractivity contribution >= 4 is 5.91 Å². The minimum Gasteiger partial charge on any atom is -0.480 e. The van der Waals surface area contributed by atoms with Crippen LogP contribution in [0.1, 0.15) is 31.9 Å². The molecule has 0 spiro atoms. The lowest BCUT2D eigenvalue weighted by Gasteiger charge is -2.20. The molecule has 0 aromatic heterocycles. The second kappa shape index (κ2) is 6.35.